The van der Waals surface area contributed by atoms with Crippen molar-refractivity contribution in [2.24, 2.45) is 5.73 Å². The molecule has 0 aliphatic rings. The van der Waals surface area contributed by atoms with Crippen LogP contribution >= 0.6 is 8.46 Å². The molecule has 0 bridgehead atoms. The van der Waals surface area contributed by atoms with Crippen molar-refractivity contribution in [3.8, 4) is 0 Å². The van der Waals surface area contributed by atoms with E-state index in [1.54, 1.807) is 6.92 Å². The molecule has 2 nitrogen and oxygen atoms in total. The minimum absolute atomic E-state index is 0.0512. The summed E-state index contributed by atoms with van der Waals surface area (Å²) in [4.78, 5) is 0. The minimum atomic E-state index is -0.749. The lowest BCUT2D eigenvalue weighted by atomic mass is 10.1. The van der Waals surface area contributed by atoms with Gasteiger partial charge in [0.25, 0.3) is 0 Å². The summed E-state index contributed by atoms with van der Waals surface area (Å²) in [5.41, 5.74) is 6.60. The predicted molar refractivity (Wildman–Crippen MR) is 45.6 cm³/mol. The van der Waals surface area contributed by atoms with E-state index in [9.17, 15) is 4.57 Å². The van der Waals surface area contributed by atoms with Gasteiger partial charge in [0.2, 0.25) is 0 Å². The zero-order valence-corrected chi connectivity index (χ0v) is 7.21. The average Bonchev–Trinajstić information content (AvgIpc) is 2.06. The molecule has 0 heterocycles. The molecule has 2 N–H and O–H groups in total. The Hall–Kier alpha value is -0.720. The molecule has 0 fully saturated rings. The predicted octanol–water partition coefficient (Wildman–Crippen LogP) is 2.11. The minimum Gasteiger partial charge on any atom is -0.312 e. The molecule has 0 saturated carbocycles. The highest BCUT2D eigenvalue weighted by atomic mass is 31.1. The molecule has 58 valence electrons. The Kier molecular flexibility index (Phi) is 2.38. The maximum atomic E-state index is 10.6. The molecule has 3 heteroatoms. The third kappa shape index (κ3) is 1.86. The van der Waals surface area contributed by atoms with Crippen molar-refractivity contribution in [3.05, 3.63) is 35.9 Å². The SMILES string of the molecule is C[C@@](N)(P=O)c1ccccc1. The molecular formula is C8H10NOP. The van der Waals surface area contributed by atoms with Crippen LogP contribution in [0.25, 0.3) is 0 Å². The summed E-state index contributed by atoms with van der Waals surface area (Å²) >= 11 is 0. The number of benzene rings is 1. The Morgan fingerprint density at radius 1 is 1.36 bits per heavy atom. The molecule has 0 aliphatic carbocycles. The molecule has 0 amide bonds. The first-order chi connectivity index (χ1) is 5.17. The molecule has 0 aromatic heterocycles. The van der Waals surface area contributed by atoms with E-state index in [1.807, 2.05) is 30.3 Å². The summed E-state index contributed by atoms with van der Waals surface area (Å²) in [5, 5.41) is -0.749. The van der Waals surface area contributed by atoms with Crippen molar-refractivity contribution in [1.82, 2.24) is 0 Å². The summed E-state index contributed by atoms with van der Waals surface area (Å²) in [6.45, 7) is 1.73. The Bertz CT molecular complexity index is 246. The van der Waals surface area contributed by atoms with Crippen LogP contribution in [0.3, 0.4) is 0 Å². The van der Waals surface area contributed by atoms with Crippen molar-refractivity contribution in [1.29, 1.82) is 0 Å². The van der Waals surface area contributed by atoms with Crippen LogP contribution in [0, 0.1) is 0 Å². The van der Waals surface area contributed by atoms with Gasteiger partial charge in [0.05, 0.1) is 0 Å². The van der Waals surface area contributed by atoms with E-state index < -0.39 is 5.28 Å². The summed E-state index contributed by atoms with van der Waals surface area (Å²) in [5.74, 6) is 0. The highest BCUT2D eigenvalue weighted by Crippen LogP contribution is 2.27. The molecule has 0 spiro atoms. The molecule has 1 aromatic rings. The Balaban J connectivity index is 3.02. The average molecular weight is 167 g/mol. The van der Waals surface area contributed by atoms with Crippen molar-refractivity contribution >= 4 is 8.46 Å². The van der Waals surface area contributed by atoms with Crippen LogP contribution in [-0.2, 0) is 9.85 Å². The van der Waals surface area contributed by atoms with Gasteiger partial charge in [-0.05, 0) is 12.5 Å². The van der Waals surface area contributed by atoms with E-state index in [4.69, 9.17) is 5.73 Å². The summed E-state index contributed by atoms with van der Waals surface area (Å²) < 4.78 is 10.6. The van der Waals surface area contributed by atoms with Crippen molar-refractivity contribution in [3.63, 3.8) is 0 Å². The first-order valence-corrected chi connectivity index (χ1v) is 4.17. The smallest absolute Gasteiger partial charge is 0.182 e. The van der Waals surface area contributed by atoms with Crippen LogP contribution < -0.4 is 5.73 Å². The van der Waals surface area contributed by atoms with Crippen LogP contribution in [-0.4, -0.2) is 0 Å². The number of rotatable bonds is 2. The zero-order valence-electron chi connectivity index (χ0n) is 6.32. The fraction of sp³-hybridized carbons (Fsp3) is 0.250. The topological polar surface area (TPSA) is 43.1 Å². The van der Waals surface area contributed by atoms with E-state index >= 15 is 0 Å². The van der Waals surface area contributed by atoms with E-state index in [0.717, 1.165) is 5.56 Å². The quantitative estimate of drug-likeness (QED) is 0.685. The second-order valence-corrected chi connectivity index (χ2v) is 3.72. The van der Waals surface area contributed by atoms with Gasteiger partial charge in [-0.15, -0.1) is 0 Å². The van der Waals surface area contributed by atoms with Crippen molar-refractivity contribution in [2.45, 2.75) is 12.2 Å². The summed E-state index contributed by atoms with van der Waals surface area (Å²) in [7, 11) is -0.0512. The van der Waals surface area contributed by atoms with Gasteiger partial charge < -0.3 is 5.73 Å². The van der Waals surface area contributed by atoms with Gasteiger partial charge in [-0.3, -0.25) is 4.57 Å². The Morgan fingerprint density at radius 3 is 2.36 bits per heavy atom. The molecule has 0 unspecified atom stereocenters. The Morgan fingerprint density at radius 2 is 1.91 bits per heavy atom. The molecule has 0 saturated heterocycles. The van der Waals surface area contributed by atoms with Crippen LogP contribution in [0.15, 0.2) is 30.3 Å². The molecule has 0 aliphatic heterocycles. The third-order valence-electron chi connectivity index (χ3n) is 1.55. The van der Waals surface area contributed by atoms with Crippen molar-refractivity contribution in [2.75, 3.05) is 0 Å². The molecule has 11 heavy (non-hydrogen) atoms. The van der Waals surface area contributed by atoms with Gasteiger partial charge in [0.15, 0.2) is 8.46 Å². The molecular weight excluding hydrogens is 157 g/mol. The van der Waals surface area contributed by atoms with Gasteiger partial charge in [-0.25, -0.2) is 0 Å². The Labute approximate surface area is 67.6 Å². The molecule has 1 aromatic carbocycles. The highest BCUT2D eigenvalue weighted by Gasteiger charge is 2.20. The van der Waals surface area contributed by atoms with Crippen molar-refractivity contribution < 1.29 is 4.57 Å². The maximum absolute atomic E-state index is 10.6. The fourth-order valence-electron chi connectivity index (χ4n) is 0.828. The maximum Gasteiger partial charge on any atom is 0.182 e. The molecule has 1 atom stereocenters. The van der Waals surface area contributed by atoms with Gasteiger partial charge in [0, 0.05) is 0 Å². The van der Waals surface area contributed by atoms with Crippen LogP contribution in [0.1, 0.15) is 12.5 Å². The first kappa shape index (κ1) is 8.38. The van der Waals surface area contributed by atoms with Gasteiger partial charge >= 0.3 is 0 Å². The van der Waals surface area contributed by atoms with E-state index in [0.29, 0.717) is 0 Å². The molecule has 1 rings (SSSR count). The normalized spacial score (nSPS) is 16.2. The van der Waals surface area contributed by atoms with Crippen LogP contribution in [0.5, 0.6) is 0 Å². The van der Waals surface area contributed by atoms with E-state index in [2.05, 4.69) is 0 Å². The van der Waals surface area contributed by atoms with E-state index in [1.165, 1.54) is 0 Å². The first-order valence-electron chi connectivity index (χ1n) is 3.36. The standard InChI is InChI=1S/C8H10NOP/c1-8(9,11-10)7-5-3-2-4-6-7/h2-6H,9H2,1H3/t8-/m1/s1. The van der Waals surface area contributed by atoms with Gasteiger partial charge in [-0.1, -0.05) is 30.3 Å². The number of nitrogens with two attached hydrogens (primary N) is 1. The molecule has 0 radical (unpaired) electrons. The highest BCUT2D eigenvalue weighted by molar-refractivity contribution is 7.25. The lowest BCUT2D eigenvalue weighted by molar-refractivity contribution is 0.570. The van der Waals surface area contributed by atoms with Gasteiger partial charge in [-0.2, -0.15) is 0 Å². The summed E-state index contributed by atoms with van der Waals surface area (Å²) in [6, 6.07) is 9.40. The third-order valence-corrected chi connectivity index (χ3v) is 2.19. The fourth-order valence-corrected chi connectivity index (χ4v) is 1.08. The zero-order chi connectivity index (χ0) is 8.32. The number of hydrogen-bond donors (Lipinski definition) is 1. The second-order valence-electron chi connectivity index (χ2n) is 2.60. The lowest BCUT2D eigenvalue weighted by Gasteiger charge is -2.14. The summed E-state index contributed by atoms with van der Waals surface area (Å²) in [6.07, 6.45) is 0. The van der Waals surface area contributed by atoms with E-state index in [-0.39, 0.29) is 8.46 Å². The van der Waals surface area contributed by atoms with Gasteiger partial charge in [0.1, 0.15) is 5.28 Å². The van der Waals surface area contributed by atoms with Crippen LogP contribution in [0.4, 0.5) is 0 Å². The largest absolute Gasteiger partial charge is 0.312 e. The number of hydrogen-bond acceptors (Lipinski definition) is 2. The van der Waals surface area contributed by atoms with Crippen LogP contribution in [0.2, 0.25) is 0 Å². The second kappa shape index (κ2) is 3.12. The lowest BCUT2D eigenvalue weighted by Crippen LogP contribution is -2.25. The monoisotopic (exact) mass is 167 g/mol.